The minimum atomic E-state index is -0.302. The molecule has 0 saturated carbocycles. The Balaban J connectivity index is 1.54. The van der Waals surface area contributed by atoms with Crippen molar-refractivity contribution in [2.24, 2.45) is 5.92 Å². The quantitative estimate of drug-likeness (QED) is 0.714. The van der Waals surface area contributed by atoms with E-state index in [1.54, 1.807) is 6.20 Å². The largest absolute Gasteiger partial charge is 0.350 e. The molecule has 2 atom stereocenters. The van der Waals surface area contributed by atoms with Crippen LogP contribution in [0.3, 0.4) is 0 Å². The molecule has 0 radical (unpaired) electrons. The van der Waals surface area contributed by atoms with Gasteiger partial charge in [0.05, 0.1) is 18.2 Å². The van der Waals surface area contributed by atoms with Gasteiger partial charge in [0.15, 0.2) is 0 Å². The monoisotopic (exact) mass is 399 g/mol. The lowest BCUT2D eigenvalue weighted by Gasteiger charge is -2.18. The summed E-state index contributed by atoms with van der Waals surface area (Å²) in [5.41, 5.74) is 3.53. The Bertz CT molecular complexity index is 1020. The zero-order chi connectivity index (χ0) is 20.9. The summed E-state index contributed by atoms with van der Waals surface area (Å²) in [6.07, 6.45) is 1.71. The van der Waals surface area contributed by atoms with E-state index in [9.17, 15) is 9.59 Å². The number of nitrogens with one attached hydrogen (secondary N) is 1. The molecule has 1 saturated heterocycles. The second-order valence-corrected chi connectivity index (χ2v) is 7.69. The molecule has 1 aliphatic heterocycles. The number of aromatic nitrogens is 1. The highest BCUT2D eigenvalue weighted by atomic mass is 16.2. The van der Waals surface area contributed by atoms with Crippen LogP contribution in [0.15, 0.2) is 79.0 Å². The van der Waals surface area contributed by atoms with Crippen molar-refractivity contribution in [1.82, 2.24) is 15.2 Å². The molecule has 0 aliphatic carbocycles. The van der Waals surface area contributed by atoms with E-state index in [1.807, 2.05) is 84.6 Å². The van der Waals surface area contributed by atoms with Gasteiger partial charge in [-0.3, -0.25) is 14.6 Å². The van der Waals surface area contributed by atoms with Crippen LogP contribution in [0.2, 0.25) is 0 Å². The number of hydrogen-bond donors (Lipinski definition) is 1. The number of hydrogen-bond acceptors (Lipinski definition) is 3. The molecule has 30 heavy (non-hydrogen) atoms. The molecular weight excluding hydrogens is 374 g/mol. The summed E-state index contributed by atoms with van der Waals surface area (Å²) in [4.78, 5) is 32.4. The van der Waals surface area contributed by atoms with Gasteiger partial charge in [0, 0.05) is 30.8 Å². The summed E-state index contributed by atoms with van der Waals surface area (Å²) >= 11 is 0. The molecule has 1 aromatic heterocycles. The Morgan fingerprint density at radius 3 is 2.43 bits per heavy atom. The third-order valence-electron chi connectivity index (χ3n) is 5.72. The molecular formula is C25H25N3O2. The third-order valence-corrected chi connectivity index (χ3v) is 5.72. The molecule has 2 amide bonds. The zero-order valence-corrected chi connectivity index (χ0v) is 17.0. The summed E-state index contributed by atoms with van der Waals surface area (Å²) in [7, 11) is 0. The van der Waals surface area contributed by atoms with E-state index in [0.29, 0.717) is 25.2 Å². The number of pyridine rings is 1. The Hall–Kier alpha value is -3.47. The van der Waals surface area contributed by atoms with E-state index < -0.39 is 0 Å². The summed E-state index contributed by atoms with van der Waals surface area (Å²) in [5, 5.41) is 3.01. The highest BCUT2D eigenvalue weighted by Gasteiger charge is 2.40. The molecule has 1 N–H and O–H groups in total. The van der Waals surface area contributed by atoms with Crippen LogP contribution in [0, 0.1) is 12.8 Å². The van der Waals surface area contributed by atoms with Crippen molar-refractivity contribution in [3.05, 3.63) is 101 Å². The number of benzene rings is 2. The Morgan fingerprint density at radius 2 is 1.70 bits per heavy atom. The molecule has 0 bridgehead atoms. The van der Waals surface area contributed by atoms with Crippen molar-refractivity contribution in [3.63, 3.8) is 0 Å². The van der Waals surface area contributed by atoms with Crippen LogP contribution < -0.4 is 5.32 Å². The van der Waals surface area contributed by atoms with Gasteiger partial charge in [-0.05, 0) is 36.2 Å². The molecule has 0 spiro atoms. The van der Waals surface area contributed by atoms with Crippen LogP contribution in [0.1, 0.15) is 33.1 Å². The van der Waals surface area contributed by atoms with Crippen molar-refractivity contribution in [3.8, 4) is 0 Å². The fraction of sp³-hybridized carbons (Fsp3) is 0.240. The van der Waals surface area contributed by atoms with Crippen LogP contribution in [0.4, 0.5) is 0 Å². The van der Waals surface area contributed by atoms with Crippen molar-refractivity contribution < 1.29 is 9.59 Å². The maximum absolute atomic E-state index is 13.2. The number of carbonyl (C=O) groups is 2. The van der Waals surface area contributed by atoms with Gasteiger partial charge in [0.25, 0.3) is 5.91 Å². The minimum absolute atomic E-state index is 0.0194. The van der Waals surface area contributed by atoms with Gasteiger partial charge in [-0.25, -0.2) is 0 Å². The predicted octanol–water partition coefficient (Wildman–Crippen LogP) is 3.56. The van der Waals surface area contributed by atoms with Crippen LogP contribution in [0.25, 0.3) is 0 Å². The number of likely N-dealkylation sites (tertiary alicyclic amines) is 1. The molecule has 5 heteroatoms. The molecule has 2 unspecified atom stereocenters. The van der Waals surface area contributed by atoms with Gasteiger partial charge in [0.1, 0.15) is 0 Å². The first-order chi connectivity index (χ1) is 14.6. The molecule has 2 heterocycles. The molecule has 1 aliphatic rings. The number of rotatable bonds is 5. The molecule has 3 aromatic rings. The van der Waals surface area contributed by atoms with E-state index in [4.69, 9.17) is 0 Å². The number of aryl methyl sites for hydroxylation is 1. The van der Waals surface area contributed by atoms with Crippen LogP contribution in [-0.4, -0.2) is 34.8 Å². The topological polar surface area (TPSA) is 62.3 Å². The lowest BCUT2D eigenvalue weighted by Crippen LogP contribution is -2.35. The van der Waals surface area contributed by atoms with E-state index in [-0.39, 0.29) is 23.7 Å². The summed E-state index contributed by atoms with van der Waals surface area (Å²) in [5.74, 6) is -0.407. The normalized spacial score (nSPS) is 18.2. The van der Waals surface area contributed by atoms with Gasteiger partial charge in [0.2, 0.25) is 5.91 Å². The second-order valence-electron chi connectivity index (χ2n) is 7.69. The van der Waals surface area contributed by atoms with E-state index >= 15 is 0 Å². The third kappa shape index (κ3) is 4.25. The van der Waals surface area contributed by atoms with Crippen LogP contribution in [-0.2, 0) is 11.3 Å². The molecule has 5 nitrogen and oxygen atoms in total. The van der Waals surface area contributed by atoms with E-state index in [2.05, 4.69) is 10.3 Å². The Labute approximate surface area is 176 Å². The van der Waals surface area contributed by atoms with Gasteiger partial charge >= 0.3 is 0 Å². The Kier molecular flexibility index (Phi) is 5.89. The van der Waals surface area contributed by atoms with Gasteiger partial charge in [-0.1, -0.05) is 54.6 Å². The van der Waals surface area contributed by atoms with E-state index in [1.165, 1.54) is 0 Å². The minimum Gasteiger partial charge on any atom is -0.350 e. The smallest absolute Gasteiger partial charge is 0.254 e. The fourth-order valence-electron chi connectivity index (χ4n) is 4.07. The van der Waals surface area contributed by atoms with Crippen molar-refractivity contribution in [1.29, 1.82) is 0 Å². The van der Waals surface area contributed by atoms with Crippen molar-refractivity contribution in [2.45, 2.75) is 19.4 Å². The highest BCUT2D eigenvalue weighted by molar-refractivity contribution is 5.96. The fourth-order valence-corrected chi connectivity index (χ4v) is 4.07. The van der Waals surface area contributed by atoms with Gasteiger partial charge < -0.3 is 10.2 Å². The van der Waals surface area contributed by atoms with Crippen LogP contribution in [0.5, 0.6) is 0 Å². The first-order valence-electron chi connectivity index (χ1n) is 10.2. The number of amides is 2. The number of carbonyl (C=O) groups excluding carboxylic acids is 2. The maximum atomic E-state index is 13.2. The molecule has 1 fully saturated rings. The first kappa shape index (κ1) is 19.8. The van der Waals surface area contributed by atoms with E-state index in [0.717, 1.165) is 16.8 Å². The number of nitrogens with zero attached hydrogens (tertiary/aromatic N) is 2. The molecule has 4 rings (SSSR count). The highest BCUT2D eigenvalue weighted by Crippen LogP contribution is 2.34. The lowest BCUT2D eigenvalue weighted by atomic mass is 9.88. The lowest BCUT2D eigenvalue weighted by molar-refractivity contribution is -0.125. The maximum Gasteiger partial charge on any atom is 0.254 e. The standard InChI is InChI=1S/C25H25N3O2/c1-18-9-5-6-13-21(18)25(30)28-16-22(19-10-3-2-4-11-19)23(17-28)24(29)27-15-20-12-7-8-14-26-20/h2-14,22-23H,15-17H2,1H3,(H,27,29). The predicted molar refractivity (Wildman–Crippen MR) is 116 cm³/mol. The zero-order valence-electron chi connectivity index (χ0n) is 17.0. The van der Waals surface area contributed by atoms with Gasteiger partial charge in [-0.15, -0.1) is 0 Å². The summed E-state index contributed by atoms with van der Waals surface area (Å²) < 4.78 is 0. The van der Waals surface area contributed by atoms with Crippen molar-refractivity contribution >= 4 is 11.8 Å². The van der Waals surface area contributed by atoms with Crippen molar-refractivity contribution in [2.75, 3.05) is 13.1 Å². The SMILES string of the molecule is Cc1ccccc1C(=O)N1CC(C(=O)NCc2ccccn2)C(c2ccccc2)C1. The summed E-state index contributed by atoms with van der Waals surface area (Å²) in [6.45, 7) is 3.25. The first-order valence-corrected chi connectivity index (χ1v) is 10.2. The average Bonchev–Trinajstić information content (AvgIpc) is 3.24. The summed E-state index contributed by atoms with van der Waals surface area (Å²) in [6, 6.07) is 23.2. The van der Waals surface area contributed by atoms with Crippen LogP contribution >= 0.6 is 0 Å². The second kappa shape index (κ2) is 8.91. The van der Waals surface area contributed by atoms with Gasteiger partial charge in [-0.2, -0.15) is 0 Å². The Morgan fingerprint density at radius 1 is 0.967 bits per heavy atom. The molecule has 152 valence electrons. The average molecular weight is 399 g/mol. The molecule has 2 aromatic carbocycles.